The standard InChI is InChI=1S/C16H21N3O2/c17-10-12-4-6-13(7-5-12)11-19-14(20)16(18-15(19)21)8-2-1-3-9-16/h4-7H,1-3,8-11,17H2,(H,18,21). The van der Waals surface area contributed by atoms with Gasteiger partial charge in [-0.2, -0.15) is 0 Å². The normalized spacial score (nSPS) is 20.9. The molecule has 1 spiro atoms. The van der Waals surface area contributed by atoms with Crippen molar-refractivity contribution in [1.82, 2.24) is 10.2 Å². The Morgan fingerprint density at radius 1 is 1.05 bits per heavy atom. The summed E-state index contributed by atoms with van der Waals surface area (Å²) in [5.74, 6) is -0.0601. The van der Waals surface area contributed by atoms with Crippen LogP contribution in [0.1, 0.15) is 43.2 Å². The molecule has 3 N–H and O–H groups in total. The van der Waals surface area contributed by atoms with Crippen LogP contribution in [0.5, 0.6) is 0 Å². The summed E-state index contributed by atoms with van der Waals surface area (Å²) in [5, 5.41) is 2.93. The van der Waals surface area contributed by atoms with Gasteiger partial charge in [0.25, 0.3) is 5.91 Å². The number of carbonyl (C=O) groups is 2. The largest absolute Gasteiger partial charge is 0.326 e. The van der Waals surface area contributed by atoms with Crippen LogP contribution in [0.25, 0.3) is 0 Å². The molecule has 5 nitrogen and oxygen atoms in total. The van der Waals surface area contributed by atoms with Gasteiger partial charge in [-0.05, 0) is 24.0 Å². The van der Waals surface area contributed by atoms with Gasteiger partial charge in [0.2, 0.25) is 0 Å². The Morgan fingerprint density at radius 2 is 1.67 bits per heavy atom. The fourth-order valence-electron chi connectivity index (χ4n) is 3.28. The second-order valence-corrected chi connectivity index (χ2v) is 5.98. The summed E-state index contributed by atoms with van der Waals surface area (Å²) in [6, 6.07) is 7.46. The van der Waals surface area contributed by atoms with Crippen LogP contribution in [0.15, 0.2) is 24.3 Å². The first-order valence-corrected chi connectivity index (χ1v) is 7.57. The van der Waals surface area contributed by atoms with E-state index in [1.165, 1.54) is 4.90 Å². The number of amides is 3. The van der Waals surface area contributed by atoms with Gasteiger partial charge in [-0.1, -0.05) is 43.5 Å². The molecule has 1 aromatic carbocycles. The van der Waals surface area contributed by atoms with Crippen molar-refractivity contribution < 1.29 is 9.59 Å². The Hall–Kier alpha value is -1.88. The highest BCUT2D eigenvalue weighted by Crippen LogP contribution is 2.34. The Balaban J connectivity index is 1.75. The van der Waals surface area contributed by atoms with Crippen LogP contribution >= 0.6 is 0 Å². The Kier molecular flexibility index (Phi) is 3.68. The van der Waals surface area contributed by atoms with Crippen LogP contribution in [0.3, 0.4) is 0 Å². The number of imide groups is 1. The van der Waals surface area contributed by atoms with Gasteiger partial charge in [-0.25, -0.2) is 4.79 Å². The number of nitrogens with two attached hydrogens (primary N) is 1. The number of urea groups is 1. The predicted molar refractivity (Wildman–Crippen MR) is 79.2 cm³/mol. The molecule has 1 aliphatic heterocycles. The van der Waals surface area contributed by atoms with Crippen LogP contribution in [0, 0.1) is 0 Å². The van der Waals surface area contributed by atoms with Crippen LogP contribution in [-0.2, 0) is 17.9 Å². The van der Waals surface area contributed by atoms with Crippen molar-refractivity contribution in [3.8, 4) is 0 Å². The van der Waals surface area contributed by atoms with E-state index in [0.29, 0.717) is 13.1 Å². The molecular formula is C16H21N3O2. The molecule has 1 aromatic rings. The van der Waals surface area contributed by atoms with Crippen molar-refractivity contribution in [2.75, 3.05) is 0 Å². The molecule has 1 aliphatic carbocycles. The van der Waals surface area contributed by atoms with E-state index in [-0.39, 0.29) is 11.9 Å². The molecule has 0 bridgehead atoms. The first-order chi connectivity index (χ1) is 10.1. The quantitative estimate of drug-likeness (QED) is 0.834. The zero-order valence-electron chi connectivity index (χ0n) is 12.1. The van der Waals surface area contributed by atoms with Gasteiger partial charge < -0.3 is 11.1 Å². The molecule has 2 aliphatic rings. The number of carbonyl (C=O) groups excluding carboxylic acids is 2. The summed E-state index contributed by atoms with van der Waals surface area (Å²) in [6.07, 6.45) is 4.68. The molecule has 0 aromatic heterocycles. The third-order valence-electron chi connectivity index (χ3n) is 4.55. The molecule has 1 saturated carbocycles. The molecule has 1 saturated heterocycles. The van der Waals surface area contributed by atoms with E-state index in [9.17, 15) is 9.59 Å². The second kappa shape index (κ2) is 5.48. The molecular weight excluding hydrogens is 266 g/mol. The molecule has 1 heterocycles. The Bertz CT molecular complexity index is 547. The van der Waals surface area contributed by atoms with Crippen molar-refractivity contribution in [2.45, 2.75) is 50.7 Å². The van der Waals surface area contributed by atoms with Crippen LogP contribution in [-0.4, -0.2) is 22.4 Å². The number of rotatable bonds is 3. The average molecular weight is 287 g/mol. The first kappa shape index (κ1) is 14.1. The van der Waals surface area contributed by atoms with Gasteiger partial charge in [0.1, 0.15) is 5.54 Å². The molecule has 21 heavy (non-hydrogen) atoms. The van der Waals surface area contributed by atoms with E-state index < -0.39 is 5.54 Å². The third kappa shape index (κ3) is 2.53. The zero-order chi connectivity index (χ0) is 14.9. The minimum Gasteiger partial charge on any atom is -0.326 e. The first-order valence-electron chi connectivity index (χ1n) is 7.57. The van der Waals surface area contributed by atoms with Crippen molar-refractivity contribution >= 4 is 11.9 Å². The van der Waals surface area contributed by atoms with E-state index >= 15 is 0 Å². The lowest BCUT2D eigenvalue weighted by atomic mass is 9.82. The molecule has 2 fully saturated rings. The molecule has 112 valence electrons. The highest BCUT2D eigenvalue weighted by molar-refractivity contribution is 6.07. The minimum atomic E-state index is -0.632. The zero-order valence-corrected chi connectivity index (χ0v) is 12.1. The molecule has 0 unspecified atom stereocenters. The maximum Gasteiger partial charge on any atom is 0.325 e. The fourth-order valence-corrected chi connectivity index (χ4v) is 3.28. The summed E-state index contributed by atoms with van der Waals surface area (Å²) in [4.78, 5) is 26.2. The Morgan fingerprint density at radius 3 is 2.29 bits per heavy atom. The van der Waals surface area contributed by atoms with Gasteiger partial charge >= 0.3 is 6.03 Å². The third-order valence-corrected chi connectivity index (χ3v) is 4.55. The molecule has 3 rings (SSSR count). The van der Waals surface area contributed by atoms with Gasteiger partial charge in [0.15, 0.2) is 0 Å². The Labute approximate surface area is 124 Å². The van der Waals surface area contributed by atoms with Crippen LogP contribution in [0.2, 0.25) is 0 Å². The summed E-state index contributed by atoms with van der Waals surface area (Å²) in [5.41, 5.74) is 6.93. The highest BCUT2D eigenvalue weighted by atomic mass is 16.2. The molecule has 0 radical (unpaired) electrons. The maximum atomic E-state index is 12.6. The van der Waals surface area contributed by atoms with Crippen LogP contribution in [0.4, 0.5) is 4.79 Å². The molecule has 5 heteroatoms. The lowest BCUT2D eigenvalue weighted by molar-refractivity contribution is -0.132. The highest BCUT2D eigenvalue weighted by Gasteiger charge is 2.51. The van der Waals surface area contributed by atoms with E-state index in [1.54, 1.807) is 0 Å². The van der Waals surface area contributed by atoms with Gasteiger partial charge in [0, 0.05) is 6.54 Å². The van der Waals surface area contributed by atoms with Crippen molar-refractivity contribution in [1.29, 1.82) is 0 Å². The van der Waals surface area contributed by atoms with Gasteiger partial charge in [-0.15, -0.1) is 0 Å². The van der Waals surface area contributed by atoms with Crippen LogP contribution < -0.4 is 11.1 Å². The summed E-state index contributed by atoms with van der Waals surface area (Å²) < 4.78 is 0. The average Bonchev–Trinajstić information content (AvgIpc) is 2.73. The number of hydrogen-bond donors (Lipinski definition) is 2. The summed E-state index contributed by atoms with van der Waals surface area (Å²) >= 11 is 0. The summed E-state index contributed by atoms with van der Waals surface area (Å²) in [6.45, 7) is 0.823. The van der Waals surface area contributed by atoms with E-state index in [1.807, 2.05) is 24.3 Å². The molecule has 0 atom stereocenters. The van der Waals surface area contributed by atoms with Gasteiger partial charge in [0.05, 0.1) is 6.54 Å². The smallest absolute Gasteiger partial charge is 0.325 e. The number of benzene rings is 1. The van der Waals surface area contributed by atoms with Gasteiger partial charge in [-0.3, -0.25) is 9.69 Å². The predicted octanol–water partition coefficient (Wildman–Crippen LogP) is 1.90. The summed E-state index contributed by atoms with van der Waals surface area (Å²) in [7, 11) is 0. The van der Waals surface area contributed by atoms with Crippen molar-refractivity contribution in [3.63, 3.8) is 0 Å². The molecule has 3 amide bonds. The SMILES string of the molecule is NCc1ccc(CN2C(=O)NC3(CCCCC3)C2=O)cc1. The topological polar surface area (TPSA) is 75.4 Å². The maximum absolute atomic E-state index is 12.6. The second-order valence-electron chi connectivity index (χ2n) is 5.98. The van der Waals surface area contributed by atoms with E-state index in [4.69, 9.17) is 5.73 Å². The lowest BCUT2D eigenvalue weighted by Crippen LogP contribution is -2.48. The minimum absolute atomic E-state index is 0.0601. The number of hydrogen-bond acceptors (Lipinski definition) is 3. The number of nitrogens with zero attached hydrogens (tertiary/aromatic N) is 1. The van der Waals surface area contributed by atoms with E-state index in [0.717, 1.165) is 43.2 Å². The monoisotopic (exact) mass is 287 g/mol. The number of nitrogens with one attached hydrogen (secondary N) is 1. The fraction of sp³-hybridized carbons (Fsp3) is 0.500. The van der Waals surface area contributed by atoms with E-state index in [2.05, 4.69) is 5.32 Å². The lowest BCUT2D eigenvalue weighted by Gasteiger charge is -2.30. The van der Waals surface area contributed by atoms with Crippen molar-refractivity contribution in [2.24, 2.45) is 5.73 Å². The van der Waals surface area contributed by atoms with Crippen molar-refractivity contribution in [3.05, 3.63) is 35.4 Å².